The van der Waals surface area contributed by atoms with Crippen LogP contribution in [0.3, 0.4) is 0 Å². The quantitative estimate of drug-likeness (QED) is 0.402. The summed E-state index contributed by atoms with van der Waals surface area (Å²) in [4.78, 5) is 4.53. The standard InChI is InChI=1S/C24H18F5NO/c1-14-13-17(31-24(27,28)29)9-10-18(14)15-5-7-16(8-6-15)21-11-12-22(30-21)23-19(25)3-2-4-20(23)26/h2-10,13,21H,11-12H2,1H3. The van der Waals surface area contributed by atoms with E-state index in [1.807, 2.05) is 24.3 Å². The van der Waals surface area contributed by atoms with Crippen molar-refractivity contribution in [1.82, 2.24) is 0 Å². The lowest BCUT2D eigenvalue weighted by molar-refractivity contribution is -0.274. The second kappa shape index (κ2) is 8.13. The minimum atomic E-state index is -4.73. The van der Waals surface area contributed by atoms with E-state index in [0.717, 1.165) is 16.7 Å². The Labute approximate surface area is 176 Å². The van der Waals surface area contributed by atoms with Crippen LogP contribution in [0.4, 0.5) is 22.0 Å². The number of aliphatic imine (C=N–C) groups is 1. The van der Waals surface area contributed by atoms with Crippen LogP contribution in [0, 0.1) is 18.6 Å². The SMILES string of the molecule is Cc1cc(OC(F)(F)F)ccc1-c1ccc(C2CCC(c3c(F)cccc3F)=N2)cc1. The molecule has 1 atom stereocenters. The van der Waals surface area contributed by atoms with E-state index in [4.69, 9.17) is 0 Å². The predicted molar refractivity (Wildman–Crippen MR) is 108 cm³/mol. The van der Waals surface area contributed by atoms with Crippen molar-refractivity contribution in [2.24, 2.45) is 4.99 Å². The molecule has 1 heterocycles. The minimum absolute atomic E-state index is 0.0709. The van der Waals surface area contributed by atoms with Gasteiger partial charge in [-0.25, -0.2) is 8.78 Å². The molecule has 0 bridgehead atoms. The number of ether oxygens (including phenoxy) is 1. The zero-order valence-corrected chi connectivity index (χ0v) is 16.5. The molecule has 3 aromatic carbocycles. The Morgan fingerprint density at radius 3 is 2.23 bits per heavy atom. The van der Waals surface area contributed by atoms with E-state index in [9.17, 15) is 22.0 Å². The molecule has 0 aliphatic carbocycles. The van der Waals surface area contributed by atoms with Crippen LogP contribution in [-0.4, -0.2) is 12.1 Å². The predicted octanol–water partition coefficient (Wildman–Crippen LogP) is 7.16. The molecule has 1 unspecified atom stereocenters. The van der Waals surface area contributed by atoms with Crippen molar-refractivity contribution in [3.63, 3.8) is 0 Å². The number of benzene rings is 3. The summed E-state index contributed by atoms with van der Waals surface area (Å²) >= 11 is 0. The third kappa shape index (κ3) is 4.60. The maximum absolute atomic E-state index is 14.0. The number of hydrogen-bond acceptors (Lipinski definition) is 2. The Morgan fingerprint density at radius 1 is 0.935 bits per heavy atom. The van der Waals surface area contributed by atoms with Gasteiger partial charge >= 0.3 is 6.36 Å². The first-order valence-electron chi connectivity index (χ1n) is 9.69. The smallest absolute Gasteiger partial charge is 0.406 e. The first-order chi connectivity index (χ1) is 14.7. The zero-order valence-electron chi connectivity index (χ0n) is 16.5. The topological polar surface area (TPSA) is 21.6 Å². The number of alkyl halides is 3. The molecule has 160 valence electrons. The van der Waals surface area contributed by atoms with E-state index >= 15 is 0 Å². The fourth-order valence-corrected chi connectivity index (χ4v) is 3.84. The zero-order chi connectivity index (χ0) is 22.2. The number of nitrogens with zero attached hydrogens (tertiary/aromatic N) is 1. The lowest BCUT2D eigenvalue weighted by Crippen LogP contribution is -2.17. The van der Waals surface area contributed by atoms with Gasteiger partial charge < -0.3 is 4.74 Å². The Balaban J connectivity index is 1.55. The summed E-state index contributed by atoms with van der Waals surface area (Å²) in [5, 5.41) is 0. The molecule has 0 saturated heterocycles. The summed E-state index contributed by atoms with van der Waals surface area (Å²) in [7, 11) is 0. The van der Waals surface area contributed by atoms with Gasteiger partial charge in [-0.1, -0.05) is 36.4 Å². The summed E-state index contributed by atoms with van der Waals surface area (Å²) in [6.45, 7) is 1.71. The summed E-state index contributed by atoms with van der Waals surface area (Å²) in [5.41, 5.74) is 3.52. The lowest BCUT2D eigenvalue weighted by atomic mass is 9.97. The van der Waals surface area contributed by atoms with Crippen molar-refractivity contribution in [3.8, 4) is 16.9 Å². The summed E-state index contributed by atoms with van der Waals surface area (Å²) in [5.74, 6) is -1.51. The Bertz CT molecular complexity index is 1120. The largest absolute Gasteiger partial charge is 0.573 e. The van der Waals surface area contributed by atoms with Crippen LogP contribution in [0.15, 0.2) is 65.7 Å². The molecule has 3 aromatic rings. The van der Waals surface area contributed by atoms with Crippen molar-refractivity contribution in [3.05, 3.63) is 89.0 Å². The van der Waals surface area contributed by atoms with Gasteiger partial charge in [0.15, 0.2) is 0 Å². The van der Waals surface area contributed by atoms with E-state index in [1.165, 1.54) is 30.3 Å². The van der Waals surface area contributed by atoms with E-state index in [-0.39, 0.29) is 17.4 Å². The molecule has 31 heavy (non-hydrogen) atoms. The molecule has 0 aromatic heterocycles. The van der Waals surface area contributed by atoms with Gasteiger partial charge in [0.2, 0.25) is 0 Å². The molecule has 1 aliphatic rings. The maximum Gasteiger partial charge on any atom is 0.573 e. The molecule has 4 rings (SSSR count). The highest BCUT2D eigenvalue weighted by molar-refractivity contribution is 6.02. The average molecular weight is 431 g/mol. The van der Waals surface area contributed by atoms with Crippen molar-refractivity contribution < 1.29 is 26.7 Å². The van der Waals surface area contributed by atoms with Gasteiger partial charge in [-0.15, -0.1) is 13.2 Å². The van der Waals surface area contributed by atoms with Gasteiger partial charge in [0.1, 0.15) is 17.4 Å². The van der Waals surface area contributed by atoms with E-state index in [0.29, 0.717) is 24.1 Å². The van der Waals surface area contributed by atoms with E-state index < -0.39 is 18.0 Å². The minimum Gasteiger partial charge on any atom is -0.406 e. The van der Waals surface area contributed by atoms with Crippen molar-refractivity contribution >= 4 is 5.71 Å². The van der Waals surface area contributed by atoms with Crippen molar-refractivity contribution in [1.29, 1.82) is 0 Å². The molecule has 7 heteroatoms. The highest BCUT2D eigenvalue weighted by Gasteiger charge is 2.31. The Morgan fingerprint density at radius 2 is 1.61 bits per heavy atom. The van der Waals surface area contributed by atoms with Gasteiger partial charge in [-0.3, -0.25) is 4.99 Å². The van der Waals surface area contributed by atoms with Gasteiger partial charge in [-0.05, 0) is 66.3 Å². The summed E-state index contributed by atoms with van der Waals surface area (Å²) in [6, 6.07) is 15.2. The monoisotopic (exact) mass is 431 g/mol. The van der Waals surface area contributed by atoms with Gasteiger partial charge in [0, 0.05) is 5.71 Å². The molecule has 1 aliphatic heterocycles. The Hall–Kier alpha value is -3.22. The second-order valence-electron chi connectivity index (χ2n) is 7.37. The van der Waals surface area contributed by atoms with E-state index in [1.54, 1.807) is 13.0 Å². The van der Waals surface area contributed by atoms with Crippen LogP contribution in [-0.2, 0) is 0 Å². The molecule has 0 radical (unpaired) electrons. The number of rotatable bonds is 4. The molecule has 0 N–H and O–H groups in total. The number of hydrogen-bond donors (Lipinski definition) is 0. The first kappa shape index (κ1) is 21.0. The normalized spacial score (nSPS) is 16.3. The second-order valence-corrected chi connectivity index (χ2v) is 7.37. The fourth-order valence-electron chi connectivity index (χ4n) is 3.84. The Kier molecular flexibility index (Phi) is 5.52. The average Bonchev–Trinajstić information content (AvgIpc) is 3.17. The van der Waals surface area contributed by atoms with Crippen molar-refractivity contribution in [2.75, 3.05) is 0 Å². The van der Waals surface area contributed by atoms with Crippen LogP contribution in [0.25, 0.3) is 11.1 Å². The third-order valence-electron chi connectivity index (χ3n) is 5.26. The number of halogens is 5. The molecule has 0 fully saturated rings. The first-order valence-corrected chi connectivity index (χ1v) is 9.69. The maximum atomic E-state index is 14.0. The van der Waals surface area contributed by atoms with Crippen LogP contribution >= 0.6 is 0 Å². The van der Waals surface area contributed by atoms with Crippen LogP contribution in [0.1, 0.15) is 35.6 Å². The lowest BCUT2D eigenvalue weighted by Gasteiger charge is -2.13. The highest BCUT2D eigenvalue weighted by atomic mass is 19.4. The fraction of sp³-hybridized carbons (Fsp3) is 0.208. The highest BCUT2D eigenvalue weighted by Crippen LogP contribution is 2.35. The summed E-state index contributed by atoms with van der Waals surface area (Å²) < 4.78 is 69.2. The van der Waals surface area contributed by atoms with Crippen LogP contribution in [0.2, 0.25) is 0 Å². The molecule has 0 spiro atoms. The molecular formula is C24H18F5NO. The molecular weight excluding hydrogens is 413 g/mol. The van der Waals surface area contributed by atoms with Crippen molar-refractivity contribution in [2.45, 2.75) is 32.2 Å². The van der Waals surface area contributed by atoms with Gasteiger partial charge in [0.25, 0.3) is 0 Å². The van der Waals surface area contributed by atoms with E-state index in [2.05, 4.69) is 9.73 Å². The van der Waals surface area contributed by atoms with Gasteiger partial charge in [-0.2, -0.15) is 0 Å². The summed E-state index contributed by atoms with van der Waals surface area (Å²) in [6.07, 6.45) is -3.61. The van der Waals surface area contributed by atoms with Crippen LogP contribution < -0.4 is 4.74 Å². The van der Waals surface area contributed by atoms with Crippen LogP contribution in [0.5, 0.6) is 5.75 Å². The number of aryl methyl sites for hydroxylation is 1. The molecule has 2 nitrogen and oxygen atoms in total. The molecule has 0 saturated carbocycles. The molecule has 0 amide bonds. The van der Waals surface area contributed by atoms with Gasteiger partial charge in [0.05, 0.1) is 11.6 Å². The third-order valence-corrected chi connectivity index (χ3v) is 5.26.